The first kappa shape index (κ1) is 20.6. The molecular weight excluding hydrogens is 417 g/mol. The van der Waals surface area contributed by atoms with Crippen LogP contribution in [0.4, 0.5) is 18.9 Å². The van der Waals surface area contributed by atoms with Crippen LogP contribution in [0.2, 0.25) is 0 Å². The van der Waals surface area contributed by atoms with Gasteiger partial charge in [-0.1, -0.05) is 6.07 Å². The third-order valence-corrected chi connectivity index (χ3v) is 5.90. The smallest absolute Gasteiger partial charge is 0.372 e. The van der Waals surface area contributed by atoms with Gasteiger partial charge in [-0.05, 0) is 49.6 Å². The molecule has 4 rings (SSSR count). The Morgan fingerprint density at radius 1 is 1.00 bits per heavy atom. The summed E-state index contributed by atoms with van der Waals surface area (Å²) in [6.07, 6.45) is -4.76. The van der Waals surface area contributed by atoms with E-state index in [0.717, 1.165) is 29.2 Å². The number of ether oxygens (including phenoxy) is 1. The summed E-state index contributed by atoms with van der Waals surface area (Å²) in [5, 5.41) is 1.81. The van der Waals surface area contributed by atoms with Crippen molar-refractivity contribution in [2.45, 2.75) is 32.2 Å². The molecule has 30 heavy (non-hydrogen) atoms. The lowest BCUT2D eigenvalue weighted by Crippen LogP contribution is -2.47. The van der Waals surface area contributed by atoms with Gasteiger partial charge in [-0.25, -0.2) is 4.90 Å². The van der Waals surface area contributed by atoms with Crippen molar-refractivity contribution in [2.75, 3.05) is 18.0 Å². The van der Waals surface area contributed by atoms with Gasteiger partial charge in [0.25, 0.3) is 11.8 Å². The number of benzene rings is 1. The number of amides is 2. The first-order valence-corrected chi connectivity index (χ1v) is 10.3. The number of morpholine rings is 1. The minimum absolute atomic E-state index is 0.108. The highest BCUT2D eigenvalue weighted by atomic mass is 32.1. The van der Waals surface area contributed by atoms with E-state index in [9.17, 15) is 22.8 Å². The first-order valence-electron chi connectivity index (χ1n) is 9.41. The van der Waals surface area contributed by atoms with E-state index in [4.69, 9.17) is 4.74 Å². The van der Waals surface area contributed by atoms with Crippen LogP contribution >= 0.6 is 11.3 Å². The average molecular weight is 436 g/mol. The molecule has 2 amide bonds. The predicted octanol–water partition coefficient (Wildman–Crippen LogP) is 4.16. The van der Waals surface area contributed by atoms with Gasteiger partial charge < -0.3 is 9.64 Å². The number of hydrogen-bond acceptors (Lipinski definition) is 5. The second-order valence-electron chi connectivity index (χ2n) is 7.35. The Kier molecular flexibility index (Phi) is 5.19. The molecule has 0 aliphatic carbocycles. The summed E-state index contributed by atoms with van der Waals surface area (Å²) in [4.78, 5) is 30.1. The van der Waals surface area contributed by atoms with Gasteiger partial charge in [0, 0.05) is 18.0 Å². The van der Waals surface area contributed by atoms with E-state index < -0.39 is 23.6 Å². The molecule has 1 aromatic heterocycles. The highest BCUT2D eigenvalue weighted by Crippen LogP contribution is 2.38. The number of imide groups is 1. The van der Waals surface area contributed by atoms with Crippen molar-refractivity contribution in [1.82, 2.24) is 4.90 Å². The number of carbonyl (C=O) groups is 2. The summed E-state index contributed by atoms with van der Waals surface area (Å²) in [6, 6.07) is 7.59. The Balaban J connectivity index is 1.75. The third kappa shape index (κ3) is 3.63. The van der Waals surface area contributed by atoms with Crippen molar-refractivity contribution < 1.29 is 27.5 Å². The van der Waals surface area contributed by atoms with Crippen molar-refractivity contribution in [3.8, 4) is 0 Å². The Hall–Kier alpha value is -2.65. The lowest BCUT2D eigenvalue weighted by molar-refractivity contribution is -0.137. The number of nitrogens with zero attached hydrogens (tertiary/aromatic N) is 2. The molecule has 1 fully saturated rings. The number of rotatable bonds is 3. The summed E-state index contributed by atoms with van der Waals surface area (Å²) in [6.45, 7) is 4.66. The van der Waals surface area contributed by atoms with Crippen LogP contribution < -0.4 is 4.90 Å². The molecule has 2 aliphatic rings. The van der Waals surface area contributed by atoms with E-state index in [1.807, 2.05) is 24.1 Å². The molecule has 2 aliphatic heterocycles. The van der Waals surface area contributed by atoms with E-state index >= 15 is 0 Å². The molecule has 0 saturated carbocycles. The number of hydrogen-bond donors (Lipinski definition) is 0. The Bertz CT molecular complexity index is 990. The van der Waals surface area contributed by atoms with Crippen molar-refractivity contribution in [3.05, 3.63) is 57.9 Å². The van der Waals surface area contributed by atoms with Crippen LogP contribution in [0.5, 0.6) is 0 Å². The average Bonchev–Trinajstić information content (AvgIpc) is 3.26. The highest BCUT2D eigenvalue weighted by molar-refractivity contribution is 7.11. The van der Waals surface area contributed by atoms with E-state index in [1.54, 1.807) is 12.1 Å². The number of carbonyl (C=O) groups excluding carboxylic acids is 2. The normalized spacial score (nSPS) is 23.0. The van der Waals surface area contributed by atoms with Gasteiger partial charge in [-0.15, -0.1) is 11.3 Å². The molecule has 2 atom stereocenters. The zero-order valence-electron chi connectivity index (χ0n) is 16.3. The molecule has 1 saturated heterocycles. The predicted molar refractivity (Wildman–Crippen MR) is 107 cm³/mol. The van der Waals surface area contributed by atoms with E-state index in [1.165, 1.54) is 11.3 Å². The maximum Gasteiger partial charge on any atom is 0.416 e. The second kappa shape index (κ2) is 7.55. The number of halogens is 3. The van der Waals surface area contributed by atoms with Crippen molar-refractivity contribution >= 4 is 34.4 Å². The van der Waals surface area contributed by atoms with Crippen molar-refractivity contribution in [2.24, 2.45) is 0 Å². The van der Waals surface area contributed by atoms with Crippen LogP contribution in [-0.4, -0.2) is 42.0 Å². The molecule has 158 valence electrons. The van der Waals surface area contributed by atoms with Crippen LogP contribution in [-0.2, 0) is 20.5 Å². The number of thiophene rings is 1. The summed E-state index contributed by atoms with van der Waals surface area (Å²) < 4.78 is 44.5. The lowest BCUT2D eigenvalue weighted by atomic mass is 10.1. The zero-order chi connectivity index (χ0) is 21.6. The molecule has 5 nitrogen and oxygen atoms in total. The molecule has 2 unspecified atom stereocenters. The van der Waals surface area contributed by atoms with Crippen LogP contribution in [0, 0.1) is 0 Å². The fourth-order valence-corrected chi connectivity index (χ4v) is 4.61. The maximum absolute atomic E-state index is 13.4. The molecule has 0 bridgehead atoms. The first-order chi connectivity index (χ1) is 14.2. The van der Waals surface area contributed by atoms with Gasteiger partial charge in [0.05, 0.1) is 29.0 Å². The molecular formula is C21H19F3N2O3S. The van der Waals surface area contributed by atoms with Crippen molar-refractivity contribution in [1.29, 1.82) is 0 Å². The van der Waals surface area contributed by atoms with E-state index in [-0.39, 0.29) is 29.2 Å². The Morgan fingerprint density at radius 3 is 2.17 bits per heavy atom. The molecule has 0 N–H and O–H groups in total. The van der Waals surface area contributed by atoms with E-state index in [2.05, 4.69) is 0 Å². The standard InChI is InChI=1S/C21H19F3N2O3S/c1-12-10-25(11-13(2)29-12)18-17(16-4-3-9-30-16)19(27)26(20(18)28)15-7-5-14(6-8-15)21(22,23)24/h3-9,12-13H,10-11H2,1-2H3. The van der Waals surface area contributed by atoms with Crippen LogP contribution in [0.15, 0.2) is 47.5 Å². The molecule has 0 spiro atoms. The monoisotopic (exact) mass is 436 g/mol. The van der Waals surface area contributed by atoms with Gasteiger partial charge in [-0.2, -0.15) is 13.2 Å². The van der Waals surface area contributed by atoms with Crippen LogP contribution in [0.3, 0.4) is 0 Å². The van der Waals surface area contributed by atoms with Crippen molar-refractivity contribution in [3.63, 3.8) is 0 Å². The van der Waals surface area contributed by atoms with Crippen LogP contribution in [0.1, 0.15) is 24.3 Å². The fourth-order valence-electron chi connectivity index (χ4n) is 3.85. The van der Waals surface area contributed by atoms with Gasteiger partial charge in [0.15, 0.2) is 0 Å². The van der Waals surface area contributed by atoms with Gasteiger partial charge in [0.2, 0.25) is 0 Å². The summed E-state index contributed by atoms with van der Waals surface area (Å²) in [5.41, 5.74) is -0.190. The maximum atomic E-state index is 13.4. The Labute approximate surface area is 175 Å². The summed E-state index contributed by atoms with van der Waals surface area (Å²) >= 11 is 1.33. The lowest BCUT2D eigenvalue weighted by Gasteiger charge is -2.37. The minimum Gasteiger partial charge on any atom is -0.372 e. The molecule has 0 radical (unpaired) electrons. The minimum atomic E-state index is -4.50. The molecule has 9 heteroatoms. The quantitative estimate of drug-likeness (QED) is 0.678. The molecule has 1 aromatic carbocycles. The zero-order valence-corrected chi connectivity index (χ0v) is 17.1. The summed E-state index contributed by atoms with van der Waals surface area (Å²) in [5.74, 6) is -1.08. The Morgan fingerprint density at radius 2 is 1.63 bits per heavy atom. The van der Waals surface area contributed by atoms with Gasteiger partial charge in [0.1, 0.15) is 5.70 Å². The molecule has 3 heterocycles. The SMILES string of the molecule is CC1CN(C2=C(c3cccs3)C(=O)N(c3ccc(C(F)(F)F)cc3)C2=O)CC(C)O1. The highest BCUT2D eigenvalue weighted by Gasteiger charge is 2.44. The fraction of sp³-hybridized carbons (Fsp3) is 0.333. The summed E-state index contributed by atoms with van der Waals surface area (Å²) in [7, 11) is 0. The number of anilines is 1. The number of alkyl halides is 3. The van der Waals surface area contributed by atoms with Gasteiger partial charge in [-0.3, -0.25) is 9.59 Å². The molecule has 2 aromatic rings. The second-order valence-corrected chi connectivity index (χ2v) is 8.30. The van der Waals surface area contributed by atoms with E-state index in [0.29, 0.717) is 18.0 Å². The third-order valence-electron chi connectivity index (χ3n) is 5.02. The largest absolute Gasteiger partial charge is 0.416 e. The van der Waals surface area contributed by atoms with Crippen LogP contribution in [0.25, 0.3) is 5.57 Å². The topological polar surface area (TPSA) is 49.9 Å². The van der Waals surface area contributed by atoms with Gasteiger partial charge >= 0.3 is 6.18 Å².